The summed E-state index contributed by atoms with van der Waals surface area (Å²) in [7, 11) is 0. The van der Waals surface area contributed by atoms with E-state index in [2.05, 4.69) is 62.4 Å². The Hall–Kier alpha value is -2.54. The molecule has 0 amide bonds. The zero-order valence-electron chi connectivity index (χ0n) is 14.1. The molecule has 0 saturated carbocycles. The minimum absolute atomic E-state index is 0.283. The van der Waals surface area contributed by atoms with Crippen molar-refractivity contribution >= 4 is 5.57 Å². The summed E-state index contributed by atoms with van der Waals surface area (Å²) in [6.07, 6.45) is 8.96. The Morgan fingerprint density at radius 2 is 1.50 bits per heavy atom. The smallest absolute Gasteiger partial charge is 0.123 e. The Balaban J connectivity index is 1.94. The zero-order chi connectivity index (χ0) is 16.7. The fourth-order valence-electron chi connectivity index (χ4n) is 4.36. The number of hydrogen-bond donors (Lipinski definition) is 1. The topological polar surface area (TPSA) is 20.2 Å². The van der Waals surface area contributed by atoms with Crippen molar-refractivity contribution in [3.05, 3.63) is 95.1 Å². The highest BCUT2D eigenvalue weighted by Crippen LogP contribution is 2.55. The van der Waals surface area contributed by atoms with Gasteiger partial charge in [-0.15, -0.1) is 0 Å². The van der Waals surface area contributed by atoms with Gasteiger partial charge in [-0.05, 0) is 42.5 Å². The normalized spacial score (nSPS) is 23.7. The lowest BCUT2D eigenvalue weighted by Crippen LogP contribution is -2.13. The molecule has 3 atom stereocenters. The van der Waals surface area contributed by atoms with Crippen molar-refractivity contribution < 1.29 is 5.11 Å². The molecule has 4 rings (SSSR count). The summed E-state index contributed by atoms with van der Waals surface area (Å²) in [5, 5.41) is 10.5. The molecule has 120 valence electrons. The van der Waals surface area contributed by atoms with E-state index in [0.717, 1.165) is 5.56 Å². The summed E-state index contributed by atoms with van der Waals surface area (Å²) in [6, 6.07) is 16.5. The fourth-order valence-corrected chi connectivity index (χ4v) is 4.36. The van der Waals surface area contributed by atoms with Crippen LogP contribution in [-0.4, -0.2) is 5.11 Å². The molecule has 0 aliphatic heterocycles. The van der Waals surface area contributed by atoms with E-state index in [9.17, 15) is 5.11 Å². The van der Waals surface area contributed by atoms with Gasteiger partial charge in [0, 0.05) is 17.4 Å². The summed E-state index contributed by atoms with van der Waals surface area (Å²) < 4.78 is 0. The standard InChI is InChI=1S/C23H22O/c1-15(2)22(20-13-7-8-14-21(20)24)23-18-11-5-3-9-16(18)17-10-4-6-12-19(17)23/h3-14,16,18,23-24H,1-2H3. The minimum atomic E-state index is 0.283. The summed E-state index contributed by atoms with van der Waals surface area (Å²) in [4.78, 5) is 0. The predicted molar refractivity (Wildman–Crippen MR) is 100 cm³/mol. The molecule has 0 radical (unpaired) electrons. The van der Waals surface area contributed by atoms with E-state index >= 15 is 0 Å². The van der Waals surface area contributed by atoms with Gasteiger partial charge >= 0.3 is 0 Å². The van der Waals surface area contributed by atoms with Crippen LogP contribution in [0.15, 0.2) is 78.4 Å². The molecule has 2 aliphatic carbocycles. The molecule has 3 unspecified atom stereocenters. The fraction of sp³-hybridized carbons (Fsp3) is 0.217. The average Bonchev–Trinajstić information content (AvgIpc) is 2.92. The van der Waals surface area contributed by atoms with E-state index in [1.54, 1.807) is 6.07 Å². The highest BCUT2D eigenvalue weighted by Gasteiger charge is 2.41. The number of phenolic OH excluding ortho intramolecular Hbond substituents is 1. The lowest BCUT2D eigenvalue weighted by molar-refractivity contribution is 0.472. The van der Waals surface area contributed by atoms with E-state index in [-0.39, 0.29) is 5.92 Å². The maximum absolute atomic E-state index is 10.5. The third kappa shape index (κ3) is 2.24. The molecule has 24 heavy (non-hydrogen) atoms. The molecule has 0 fully saturated rings. The van der Waals surface area contributed by atoms with Crippen LogP contribution in [0.5, 0.6) is 5.75 Å². The molecule has 0 spiro atoms. The number of benzene rings is 2. The van der Waals surface area contributed by atoms with E-state index in [4.69, 9.17) is 0 Å². The van der Waals surface area contributed by atoms with Crippen molar-refractivity contribution in [3.63, 3.8) is 0 Å². The molecule has 1 nitrogen and oxygen atoms in total. The third-order valence-electron chi connectivity index (χ3n) is 5.30. The van der Waals surface area contributed by atoms with Gasteiger partial charge in [-0.2, -0.15) is 0 Å². The highest BCUT2D eigenvalue weighted by molar-refractivity contribution is 5.79. The van der Waals surface area contributed by atoms with Crippen LogP contribution in [0, 0.1) is 5.92 Å². The average molecular weight is 314 g/mol. The van der Waals surface area contributed by atoms with Gasteiger partial charge in [0.2, 0.25) is 0 Å². The number of phenols is 1. The molecule has 0 aromatic heterocycles. The van der Waals surface area contributed by atoms with Gasteiger partial charge in [-0.3, -0.25) is 0 Å². The van der Waals surface area contributed by atoms with Crippen LogP contribution in [0.1, 0.15) is 42.4 Å². The zero-order valence-corrected chi connectivity index (χ0v) is 14.1. The van der Waals surface area contributed by atoms with Crippen molar-refractivity contribution in [1.29, 1.82) is 0 Å². The molecule has 0 heterocycles. The number of aromatic hydroxyl groups is 1. The highest BCUT2D eigenvalue weighted by atomic mass is 16.3. The molecule has 1 N–H and O–H groups in total. The lowest BCUT2D eigenvalue weighted by Gasteiger charge is -2.27. The van der Waals surface area contributed by atoms with Crippen molar-refractivity contribution in [2.24, 2.45) is 5.92 Å². The maximum Gasteiger partial charge on any atom is 0.123 e. The summed E-state index contributed by atoms with van der Waals surface area (Å²) >= 11 is 0. The number of hydrogen-bond acceptors (Lipinski definition) is 1. The summed E-state index contributed by atoms with van der Waals surface area (Å²) in [6.45, 7) is 4.31. The van der Waals surface area contributed by atoms with E-state index in [1.807, 2.05) is 18.2 Å². The van der Waals surface area contributed by atoms with E-state index in [0.29, 0.717) is 17.6 Å². The van der Waals surface area contributed by atoms with Crippen LogP contribution in [0.4, 0.5) is 0 Å². The predicted octanol–water partition coefficient (Wildman–Crippen LogP) is 5.81. The Morgan fingerprint density at radius 1 is 0.833 bits per heavy atom. The molecule has 0 saturated heterocycles. The van der Waals surface area contributed by atoms with Crippen LogP contribution in [0.25, 0.3) is 5.57 Å². The second-order valence-corrected chi connectivity index (χ2v) is 6.91. The molecule has 2 aliphatic rings. The van der Waals surface area contributed by atoms with Crippen LogP contribution in [0.2, 0.25) is 0 Å². The molecule has 0 bridgehead atoms. The van der Waals surface area contributed by atoms with Crippen LogP contribution >= 0.6 is 0 Å². The van der Waals surface area contributed by atoms with Crippen molar-refractivity contribution in [1.82, 2.24) is 0 Å². The Kier molecular flexibility index (Phi) is 3.65. The van der Waals surface area contributed by atoms with Gasteiger partial charge in [0.25, 0.3) is 0 Å². The van der Waals surface area contributed by atoms with Crippen molar-refractivity contribution in [2.45, 2.75) is 25.7 Å². The molecule has 2 aromatic rings. The second kappa shape index (κ2) is 5.83. The summed E-state index contributed by atoms with van der Waals surface area (Å²) in [5.41, 5.74) is 6.29. The van der Waals surface area contributed by atoms with Crippen molar-refractivity contribution in [3.8, 4) is 5.75 Å². The maximum atomic E-state index is 10.5. The number of para-hydroxylation sites is 1. The van der Waals surface area contributed by atoms with Crippen LogP contribution in [0.3, 0.4) is 0 Å². The second-order valence-electron chi connectivity index (χ2n) is 6.91. The van der Waals surface area contributed by atoms with Crippen molar-refractivity contribution in [2.75, 3.05) is 0 Å². The molecule has 2 aromatic carbocycles. The van der Waals surface area contributed by atoms with Gasteiger partial charge in [0.15, 0.2) is 0 Å². The lowest BCUT2D eigenvalue weighted by atomic mass is 9.76. The Bertz CT molecular complexity index is 865. The largest absolute Gasteiger partial charge is 0.507 e. The van der Waals surface area contributed by atoms with Gasteiger partial charge < -0.3 is 5.11 Å². The first-order chi connectivity index (χ1) is 11.7. The van der Waals surface area contributed by atoms with Crippen LogP contribution in [-0.2, 0) is 0 Å². The number of fused-ring (bicyclic) bond motifs is 3. The number of rotatable bonds is 2. The molecular weight excluding hydrogens is 292 g/mol. The first-order valence-electron chi connectivity index (χ1n) is 8.58. The van der Waals surface area contributed by atoms with Gasteiger partial charge in [-0.25, -0.2) is 0 Å². The third-order valence-corrected chi connectivity index (χ3v) is 5.30. The first kappa shape index (κ1) is 15.0. The molecular formula is C23H22O. The Labute approximate surface area is 143 Å². The van der Waals surface area contributed by atoms with E-state index in [1.165, 1.54) is 22.3 Å². The first-order valence-corrected chi connectivity index (χ1v) is 8.58. The summed E-state index contributed by atoms with van der Waals surface area (Å²) in [5.74, 6) is 1.49. The van der Waals surface area contributed by atoms with Gasteiger partial charge in [-0.1, -0.05) is 72.3 Å². The van der Waals surface area contributed by atoms with Crippen LogP contribution < -0.4 is 0 Å². The minimum Gasteiger partial charge on any atom is -0.507 e. The monoisotopic (exact) mass is 314 g/mol. The number of allylic oxidation sites excluding steroid dienone is 6. The van der Waals surface area contributed by atoms with Gasteiger partial charge in [0.1, 0.15) is 5.75 Å². The quantitative estimate of drug-likeness (QED) is 0.741. The van der Waals surface area contributed by atoms with E-state index < -0.39 is 0 Å². The van der Waals surface area contributed by atoms with Gasteiger partial charge in [0.05, 0.1) is 0 Å². The Morgan fingerprint density at radius 3 is 2.25 bits per heavy atom. The SMILES string of the molecule is CC(C)=C(c1ccccc1O)C1c2ccccc2C2C=CC=CC21. The molecule has 1 heteroatoms.